The highest BCUT2D eigenvalue weighted by atomic mass is 16.5. The lowest BCUT2D eigenvalue weighted by Crippen LogP contribution is -2.61. The number of piperidine rings is 2. The fourth-order valence-corrected chi connectivity index (χ4v) is 7.19. The van der Waals surface area contributed by atoms with Gasteiger partial charge >= 0.3 is 0 Å². The average Bonchev–Trinajstić information content (AvgIpc) is 3.05. The maximum atomic E-state index is 14.3. The number of carbonyl (C=O) groups excluding carboxylic acids is 4. The third-order valence-electron chi connectivity index (χ3n) is 10.2. The molecule has 2 aliphatic heterocycles. The van der Waals surface area contributed by atoms with E-state index in [-0.39, 0.29) is 47.1 Å². The van der Waals surface area contributed by atoms with E-state index in [4.69, 9.17) is 4.79 Å². The van der Waals surface area contributed by atoms with Crippen LogP contribution in [0.25, 0.3) is 0 Å². The van der Waals surface area contributed by atoms with E-state index in [9.17, 15) is 14.4 Å². The van der Waals surface area contributed by atoms with Gasteiger partial charge in [-0.1, -0.05) is 92.1 Å². The van der Waals surface area contributed by atoms with Crippen LogP contribution in [0.4, 0.5) is 0 Å². The fourth-order valence-electron chi connectivity index (χ4n) is 7.19. The molecule has 3 rings (SSSR count). The van der Waals surface area contributed by atoms with Gasteiger partial charge in [0.05, 0.1) is 13.2 Å². The number of amides is 3. The van der Waals surface area contributed by atoms with Crippen molar-refractivity contribution < 1.29 is 23.9 Å². The molecule has 0 aliphatic carbocycles. The van der Waals surface area contributed by atoms with Crippen molar-refractivity contribution in [3.8, 4) is 0 Å². The summed E-state index contributed by atoms with van der Waals surface area (Å²) in [5.41, 5.74) is 0.250. The standard InChI is InChI=1S/C36H60N4O3.C2H4O2/c1-10-28(36(7,8)27-19-13-11-14-20-27)32(41)37-31(35(4,5)6)34(43)38(9)30(26(2)3)25-40-24-18-15-21-29(40)33(42)39-22-16-12-17-23-39;1-4-2-3/h11,13-14,19-20,26,28-31H,10,12,15-18,21-25H2,1-9H3,(H,37,41);2H,1H3/t28-,29+,30-,31-;/m1./s1. The number of hydrogen-bond acceptors (Lipinski definition) is 6. The van der Waals surface area contributed by atoms with Crippen LogP contribution in [0.15, 0.2) is 30.3 Å². The van der Waals surface area contributed by atoms with Gasteiger partial charge in [0.25, 0.3) is 6.47 Å². The monoisotopic (exact) mass is 656 g/mol. The molecule has 0 saturated carbocycles. The van der Waals surface area contributed by atoms with Crippen molar-refractivity contribution in [3.05, 3.63) is 35.9 Å². The summed E-state index contributed by atoms with van der Waals surface area (Å²) in [5, 5.41) is 3.23. The summed E-state index contributed by atoms with van der Waals surface area (Å²) in [5.74, 6) is 0.0274. The van der Waals surface area contributed by atoms with Crippen LogP contribution < -0.4 is 5.32 Å². The van der Waals surface area contributed by atoms with Crippen LogP contribution in [-0.4, -0.2) is 97.4 Å². The van der Waals surface area contributed by atoms with Crippen molar-refractivity contribution in [3.63, 3.8) is 0 Å². The fraction of sp³-hybridized carbons (Fsp3) is 0.737. The minimum Gasteiger partial charge on any atom is -0.471 e. The van der Waals surface area contributed by atoms with Crippen LogP contribution in [0, 0.1) is 17.3 Å². The van der Waals surface area contributed by atoms with Crippen LogP contribution in [0.2, 0.25) is 0 Å². The van der Waals surface area contributed by atoms with Crippen LogP contribution in [0.3, 0.4) is 0 Å². The van der Waals surface area contributed by atoms with E-state index < -0.39 is 11.5 Å². The highest BCUT2D eigenvalue weighted by Gasteiger charge is 2.42. The van der Waals surface area contributed by atoms with Crippen molar-refractivity contribution in [1.29, 1.82) is 0 Å². The number of ether oxygens (including phenoxy) is 1. The van der Waals surface area contributed by atoms with E-state index in [1.54, 1.807) is 0 Å². The summed E-state index contributed by atoms with van der Waals surface area (Å²) in [6, 6.07) is 9.31. The molecule has 47 heavy (non-hydrogen) atoms. The Balaban J connectivity index is 0.00000181. The molecule has 9 nitrogen and oxygen atoms in total. The SMILES string of the molecule is CC[C@H](C(=O)N[C@H](C(=O)N(C)[C@H](CN1CCCC[C@H]1C(=O)N1CCCCC1)C(C)C)C(C)(C)C)C(C)(C)c1ccccc1.COC=O. The maximum Gasteiger partial charge on any atom is 0.292 e. The molecule has 0 spiro atoms. The highest BCUT2D eigenvalue weighted by Crippen LogP contribution is 2.35. The normalized spacial score (nSPS) is 19.5. The Morgan fingerprint density at radius 1 is 0.979 bits per heavy atom. The second-order valence-electron chi connectivity index (χ2n) is 15.3. The third kappa shape index (κ3) is 11.0. The minimum absolute atomic E-state index is 0.0668. The topological polar surface area (TPSA) is 99.3 Å². The molecule has 9 heteroatoms. The number of rotatable bonds is 12. The van der Waals surface area contributed by atoms with Gasteiger partial charge in [-0.2, -0.15) is 0 Å². The summed E-state index contributed by atoms with van der Waals surface area (Å²) in [7, 11) is 3.20. The first-order chi connectivity index (χ1) is 22.1. The van der Waals surface area contributed by atoms with E-state index >= 15 is 0 Å². The van der Waals surface area contributed by atoms with Crippen molar-refractivity contribution in [2.75, 3.05) is 40.3 Å². The summed E-state index contributed by atoms with van der Waals surface area (Å²) in [4.78, 5) is 57.1. The smallest absolute Gasteiger partial charge is 0.292 e. The number of hydrogen-bond donors (Lipinski definition) is 1. The van der Waals surface area contributed by atoms with Gasteiger partial charge in [-0.3, -0.25) is 24.1 Å². The van der Waals surface area contributed by atoms with Gasteiger partial charge in [0.2, 0.25) is 17.7 Å². The number of likely N-dealkylation sites (N-methyl/N-ethyl adjacent to an activating group) is 1. The minimum atomic E-state index is -0.668. The van der Waals surface area contributed by atoms with Crippen LogP contribution >= 0.6 is 0 Å². The van der Waals surface area contributed by atoms with E-state index in [2.05, 4.69) is 59.7 Å². The highest BCUT2D eigenvalue weighted by molar-refractivity contribution is 5.90. The molecule has 0 bridgehead atoms. The number of benzene rings is 1. The summed E-state index contributed by atoms with van der Waals surface area (Å²) >= 11 is 0. The van der Waals surface area contributed by atoms with Gasteiger partial charge in [-0.15, -0.1) is 0 Å². The number of nitrogens with zero attached hydrogens (tertiary/aromatic N) is 3. The van der Waals surface area contributed by atoms with Crippen molar-refractivity contribution >= 4 is 24.2 Å². The van der Waals surface area contributed by atoms with Crippen molar-refractivity contribution in [1.82, 2.24) is 20.0 Å². The average molecular weight is 657 g/mol. The molecule has 1 aromatic rings. The molecular weight excluding hydrogens is 592 g/mol. The third-order valence-corrected chi connectivity index (χ3v) is 10.2. The first-order valence-corrected chi connectivity index (χ1v) is 17.7. The molecular formula is C38H64N4O5. The zero-order chi connectivity index (χ0) is 35.4. The Morgan fingerprint density at radius 2 is 1.55 bits per heavy atom. The second-order valence-corrected chi connectivity index (χ2v) is 15.3. The molecule has 266 valence electrons. The van der Waals surface area contributed by atoms with E-state index in [1.807, 2.05) is 57.8 Å². The van der Waals surface area contributed by atoms with Crippen LogP contribution in [0.1, 0.15) is 106 Å². The van der Waals surface area contributed by atoms with Gasteiger partial charge in [0.15, 0.2) is 0 Å². The first-order valence-electron chi connectivity index (χ1n) is 17.7. The molecule has 2 fully saturated rings. The molecule has 0 radical (unpaired) electrons. The molecule has 4 atom stereocenters. The number of carbonyl (C=O) groups is 4. The van der Waals surface area contributed by atoms with Gasteiger partial charge in [-0.25, -0.2) is 0 Å². The quantitative estimate of drug-likeness (QED) is 0.292. The predicted octanol–water partition coefficient (Wildman–Crippen LogP) is 5.66. The van der Waals surface area contributed by atoms with E-state index in [0.717, 1.165) is 57.3 Å². The first kappa shape index (κ1) is 40.2. The van der Waals surface area contributed by atoms with Gasteiger partial charge in [0.1, 0.15) is 6.04 Å². The predicted molar refractivity (Wildman–Crippen MR) is 189 cm³/mol. The second kappa shape index (κ2) is 18.6. The zero-order valence-electron chi connectivity index (χ0n) is 31.0. The maximum absolute atomic E-state index is 14.3. The van der Waals surface area contributed by atoms with Crippen molar-refractivity contribution in [2.45, 2.75) is 124 Å². The lowest BCUT2D eigenvalue weighted by Gasteiger charge is -2.44. The van der Waals surface area contributed by atoms with Gasteiger partial charge < -0.3 is 19.9 Å². The Hall–Kier alpha value is -2.94. The summed E-state index contributed by atoms with van der Waals surface area (Å²) in [6.07, 6.45) is 7.07. The Kier molecular flexibility index (Phi) is 15.9. The zero-order valence-corrected chi connectivity index (χ0v) is 31.0. The molecule has 2 heterocycles. The van der Waals surface area contributed by atoms with Gasteiger partial charge in [-0.05, 0) is 62.0 Å². The lowest BCUT2D eigenvalue weighted by atomic mass is 9.71. The summed E-state index contributed by atoms with van der Waals surface area (Å²) in [6.45, 7) is 20.3. The molecule has 1 N–H and O–H groups in total. The van der Waals surface area contributed by atoms with Crippen LogP contribution in [-0.2, 0) is 29.3 Å². The molecule has 0 aromatic heterocycles. The molecule has 2 aliphatic rings. The number of methoxy groups -OCH3 is 1. The Bertz CT molecular complexity index is 1130. The lowest BCUT2D eigenvalue weighted by molar-refractivity contribution is -0.144. The molecule has 3 amide bonds. The molecule has 2 saturated heterocycles. The Morgan fingerprint density at radius 3 is 2.06 bits per heavy atom. The van der Waals surface area contributed by atoms with E-state index in [1.165, 1.54) is 13.5 Å². The largest absolute Gasteiger partial charge is 0.471 e. The number of likely N-dealkylation sites (tertiary alicyclic amines) is 2. The number of nitrogens with one attached hydrogen (secondary N) is 1. The van der Waals surface area contributed by atoms with E-state index in [0.29, 0.717) is 19.4 Å². The summed E-state index contributed by atoms with van der Waals surface area (Å²) < 4.78 is 3.86. The van der Waals surface area contributed by atoms with Crippen LogP contribution in [0.5, 0.6) is 0 Å². The Labute approximate surface area is 285 Å². The van der Waals surface area contributed by atoms with Gasteiger partial charge in [0, 0.05) is 44.1 Å². The molecule has 1 aromatic carbocycles. The molecule has 0 unspecified atom stereocenters. The van der Waals surface area contributed by atoms with Crippen molar-refractivity contribution in [2.24, 2.45) is 17.3 Å².